The van der Waals surface area contributed by atoms with Gasteiger partial charge in [0.15, 0.2) is 6.16 Å². The summed E-state index contributed by atoms with van der Waals surface area (Å²) in [7, 11) is -1.21. The molecule has 2 N–H and O–H groups in total. The van der Waals surface area contributed by atoms with E-state index in [9.17, 15) is 14.2 Å². The molecular weight excluding hydrogens is 297 g/mol. The fourth-order valence-corrected chi connectivity index (χ4v) is 2.02. The minimum atomic E-state index is -2.38. The molecule has 0 aliphatic heterocycles. The molecule has 0 saturated heterocycles. The first kappa shape index (κ1) is 17.1. The Bertz CT molecular complexity index is 493. The minimum absolute atomic E-state index is 0.00118. The third kappa shape index (κ3) is 6.83. The summed E-state index contributed by atoms with van der Waals surface area (Å²) in [6.07, 6.45) is -0.908. The Morgan fingerprint density at radius 3 is 2.57 bits per heavy atom. The van der Waals surface area contributed by atoms with Gasteiger partial charge in [-0.1, -0.05) is 30.3 Å². The zero-order valence-electron chi connectivity index (χ0n) is 11.5. The Hall–Kier alpha value is -1.98. The number of hydrogen-bond donors (Lipinski definition) is 2. The summed E-state index contributed by atoms with van der Waals surface area (Å²) >= 11 is 0. The normalized spacial score (nSPS) is 12.2. The maximum Gasteiger partial charge on any atom is 0.505 e. The van der Waals surface area contributed by atoms with Crippen molar-refractivity contribution in [2.24, 2.45) is 0 Å². The molecule has 0 fully saturated rings. The summed E-state index contributed by atoms with van der Waals surface area (Å²) in [5.74, 6) is -0.691. The van der Waals surface area contributed by atoms with E-state index in [-0.39, 0.29) is 19.2 Å². The highest BCUT2D eigenvalue weighted by atomic mass is 31.1. The van der Waals surface area contributed by atoms with Crippen LogP contribution in [0.4, 0.5) is 4.79 Å². The Kier molecular flexibility index (Phi) is 7.36. The molecule has 1 unspecified atom stereocenters. The van der Waals surface area contributed by atoms with E-state index < -0.39 is 26.1 Å². The summed E-state index contributed by atoms with van der Waals surface area (Å²) in [5.41, 5.74) is 0.806. The van der Waals surface area contributed by atoms with E-state index in [4.69, 9.17) is 9.63 Å². The number of alkyl carbamates (subject to hydrolysis) is 1. The molecule has 0 spiro atoms. The molecule has 1 amide bonds. The Morgan fingerprint density at radius 2 is 2.00 bits per heavy atom. The van der Waals surface area contributed by atoms with Crippen LogP contribution in [-0.2, 0) is 25.4 Å². The zero-order chi connectivity index (χ0) is 15.7. The maximum absolute atomic E-state index is 11.6. The van der Waals surface area contributed by atoms with Crippen LogP contribution in [-0.4, -0.2) is 36.3 Å². The van der Waals surface area contributed by atoms with Crippen LogP contribution >= 0.6 is 8.03 Å². The van der Waals surface area contributed by atoms with Crippen LogP contribution in [0.2, 0.25) is 0 Å². The van der Waals surface area contributed by atoms with E-state index in [2.05, 4.69) is 10.1 Å². The lowest BCUT2D eigenvalue weighted by molar-refractivity contribution is -0.143. The SMILES string of the molecule is COC(=O)[C@H](CC[P+](=O)O)NC(=O)OCc1ccccc1. The number of hydrogen-bond acceptors (Lipinski definition) is 5. The molecule has 0 radical (unpaired) electrons. The molecule has 0 aliphatic rings. The highest BCUT2D eigenvalue weighted by molar-refractivity contribution is 7.37. The predicted molar refractivity (Wildman–Crippen MR) is 74.9 cm³/mol. The van der Waals surface area contributed by atoms with Crippen LogP contribution in [0.5, 0.6) is 0 Å². The van der Waals surface area contributed by atoms with E-state index in [0.29, 0.717) is 0 Å². The van der Waals surface area contributed by atoms with E-state index in [0.717, 1.165) is 5.56 Å². The molecule has 0 aromatic heterocycles. The van der Waals surface area contributed by atoms with Crippen LogP contribution in [0, 0.1) is 0 Å². The lowest BCUT2D eigenvalue weighted by atomic mass is 10.2. The Balaban J connectivity index is 2.47. The third-order valence-corrected chi connectivity index (χ3v) is 3.24. The second kappa shape index (κ2) is 9.05. The molecule has 0 aliphatic carbocycles. The Morgan fingerprint density at radius 1 is 1.33 bits per heavy atom. The number of carbonyl (C=O) groups excluding carboxylic acids is 2. The van der Waals surface area contributed by atoms with E-state index in [1.807, 2.05) is 18.2 Å². The average molecular weight is 314 g/mol. The van der Waals surface area contributed by atoms with Gasteiger partial charge in [-0.3, -0.25) is 0 Å². The first-order chi connectivity index (χ1) is 10.0. The van der Waals surface area contributed by atoms with Crippen LogP contribution < -0.4 is 5.32 Å². The number of rotatable bonds is 7. The third-order valence-electron chi connectivity index (χ3n) is 2.60. The van der Waals surface area contributed by atoms with E-state index in [1.54, 1.807) is 12.1 Å². The molecule has 8 heteroatoms. The first-order valence-corrected chi connectivity index (χ1v) is 7.61. The molecule has 0 heterocycles. The minimum Gasteiger partial charge on any atom is -0.467 e. The van der Waals surface area contributed by atoms with Crippen molar-refractivity contribution in [2.45, 2.75) is 19.1 Å². The van der Waals surface area contributed by atoms with Gasteiger partial charge in [0, 0.05) is 6.42 Å². The van der Waals surface area contributed by atoms with Crippen molar-refractivity contribution >= 4 is 20.1 Å². The average Bonchev–Trinajstić information content (AvgIpc) is 2.49. The smallest absolute Gasteiger partial charge is 0.467 e. The summed E-state index contributed by atoms with van der Waals surface area (Å²) in [6.45, 7) is 0.0643. The van der Waals surface area contributed by atoms with Crippen molar-refractivity contribution in [3.05, 3.63) is 35.9 Å². The van der Waals surface area contributed by atoms with Gasteiger partial charge in [-0.2, -0.15) is 4.89 Å². The number of ether oxygens (including phenoxy) is 2. The number of amides is 1. The molecule has 1 aromatic carbocycles. The number of benzene rings is 1. The van der Waals surface area contributed by atoms with Gasteiger partial charge < -0.3 is 14.8 Å². The number of esters is 1. The maximum atomic E-state index is 11.6. The Labute approximate surface area is 123 Å². The van der Waals surface area contributed by atoms with Gasteiger partial charge in [-0.25, -0.2) is 9.59 Å². The summed E-state index contributed by atoms with van der Waals surface area (Å²) in [6, 6.07) is 8.04. The molecule has 2 atom stereocenters. The summed E-state index contributed by atoms with van der Waals surface area (Å²) < 4.78 is 20.2. The van der Waals surface area contributed by atoms with Gasteiger partial charge in [-0.05, 0) is 10.1 Å². The monoisotopic (exact) mass is 314 g/mol. The van der Waals surface area contributed by atoms with Gasteiger partial charge in [0.25, 0.3) is 0 Å². The van der Waals surface area contributed by atoms with Crippen molar-refractivity contribution < 1.29 is 28.5 Å². The molecule has 1 rings (SSSR count). The molecule has 0 bridgehead atoms. The van der Waals surface area contributed by atoms with E-state index in [1.165, 1.54) is 7.11 Å². The van der Waals surface area contributed by atoms with Crippen LogP contribution in [0.25, 0.3) is 0 Å². The van der Waals surface area contributed by atoms with Crippen LogP contribution in [0.3, 0.4) is 0 Å². The predicted octanol–water partition coefficient (Wildman–Crippen LogP) is 1.58. The van der Waals surface area contributed by atoms with Gasteiger partial charge in [-0.15, -0.1) is 0 Å². The number of methoxy groups -OCH3 is 1. The number of carbonyl (C=O) groups is 2. The van der Waals surface area contributed by atoms with Crippen molar-refractivity contribution in [1.82, 2.24) is 5.32 Å². The lowest BCUT2D eigenvalue weighted by Gasteiger charge is -2.14. The highest BCUT2D eigenvalue weighted by Crippen LogP contribution is 2.15. The van der Waals surface area contributed by atoms with Crippen molar-refractivity contribution in [3.8, 4) is 0 Å². The molecule has 7 nitrogen and oxygen atoms in total. The van der Waals surface area contributed by atoms with E-state index >= 15 is 0 Å². The van der Waals surface area contributed by atoms with Crippen molar-refractivity contribution in [2.75, 3.05) is 13.3 Å². The van der Waals surface area contributed by atoms with Gasteiger partial charge in [0.1, 0.15) is 12.6 Å². The highest BCUT2D eigenvalue weighted by Gasteiger charge is 2.26. The standard InChI is InChI=1S/C13H16NO6P/c1-19-12(15)11(7-8-21(17)18)14-13(16)20-9-10-5-3-2-4-6-10/h2-6,11H,7-9H2,1H3,(H-,14,16,17,18)/p+1/t11-/m0/s1. The lowest BCUT2D eigenvalue weighted by Crippen LogP contribution is -2.42. The first-order valence-electron chi connectivity index (χ1n) is 6.21. The molecule has 1 aromatic rings. The number of nitrogens with one attached hydrogen (secondary N) is 1. The second-order valence-electron chi connectivity index (χ2n) is 4.15. The van der Waals surface area contributed by atoms with Gasteiger partial charge in [0.05, 0.1) is 7.11 Å². The molecular formula is C13H17NO6P+. The zero-order valence-corrected chi connectivity index (χ0v) is 12.4. The summed E-state index contributed by atoms with van der Waals surface area (Å²) in [4.78, 5) is 31.8. The fraction of sp³-hybridized carbons (Fsp3) is 0.385. The summed E-state index contributed by atoms with van der Waals surface area (Å²) in [5, 5.41) is 2.32. The van der Waals surface area contributed by atoms with Crippen LogP contribution in [0.15, 0.2) is 30.3 Å². The topological polar surface area (TPSA) is 102 Å². The molecule has 114 valence electrons. The van der Waals surface area contributed by atoms with Gasteiger partial charge in [0.2, 0.25) is 0 Å². The van der Waals surface area contributed by atoms with Crippen molar-refractivity contribution in [3.63, 3.8) is 0 Å². The molecule has 0 saturated carbocycles. The van der Waals surface area contributed by atoms with Crippen molar-refractivity contribution in [1.29, 1.82) is 0 Å². The second-order valence-corrected chi connectivity index (χ2v) is 5.30. The molecule has 21 heavy (non-hydrogen) atoms. The van der Waals surface area contributed by atoms with Gasteiger partial charge >= 0.3 is 20.1 Å². The van der Waals surface area contributed by atoms with Crippen LogP contribution in [0.1, 0.15) is 12.0 Å². The fourth-order valence-electron chi connectivity index (χ4n) is 1.54. The quantitative estimate of drug-likeness (QED) is 0.585. The largest absolute Gasteiger partial charge is 0.505 e.